The molecule has 1 rings (SSSR count). The van der Waals surface area contributed by atoms with Crippen LogP contribution in [0.3, 0.4) is 0 Å². The largest absolute Gasteiger partial charge is 0.593 e. The SMILES string of the molecule is Cc1ccc(Br)cc1[S+]([O-])NC(C)(C)C. The Hall–Kier alpha value is -0.0300. The third-order valence-electron chi connectivity index (χ3n) is 1.75. The number of rotatable bonds is 2. The monoisotopic (exact) mass is 289 g/mol. The van der Waals surface area contributed by atoms with Crippen LogP contribution in [-0.4, -0.2) is 10.1 Å². The zero-order valence-electron chi connectivity index (χ0n) is 9.43. The number of hydrogen-bond donors (Lipinski definition) is 1. The summed E-state index contributed by atoms with van der Waals surface area (Å²) in [6.45, 7) is 7.96. The fourth-order valence-corrected chi connectivity index (χ4v) is 2.88. The van der Waals surface area contributed by atoms with Gasteiger partial charge in [-0.3, -0.25) is 0 Å². The molecule has 0 saturated heterocycles. The molecule has 0 heterocycles. The zero-order valence-corrected chi connectivity index (χ0v) is 11.8. The van der Waals surface area contributed by atoms with Gasteiger partial charge in [0.15, 0.2) is 4.90 Å². The van der Waals surface area contributed by atoms with E-state index < -0.39 is 11.4 Å². The van der Waals surface area contributed by atoms with E-state index in [0.717, 1.165) is 14.9 Å². The number of benzene rings is 1. The van der Waals surface area contributed by atoms with Crippen LogP contribution in [0.4, 0.5) is 0 Å². The molecule has 1 N–H and O–H groups in total. The van der Waals surface area contributed by atoms with Crippen molar-refractivity contribution in [2.75, 3.05) is 0 Å². The van der Waals surface area contributed by atoms with E-state index in [1.54, 1.807) is 0 Å². The van der Waals surface area contributed by atoms with Gasteiger partial charge in [-0.05, 0) is 33.8 Å². The molecule has 0 amide bonds. The summed E-state index contributed by atoms with van der Waals surface area (Å²) in [7, 11) is 0. The second kappa shape index (κ2) is 4.87. The van der Waals surface area contributed by atoms with E-state index in [-0.39, 0.29) is 5.54 Å². The highest BCUT2D eigenvalue weighted by Gasteiger charge is 2.22. The molecule has 1 aromatic rings. The van der Waals surface area contributed by atoms with E-state index in [9.17, 15) is 4.55 Å². The summed E-state index contributed by atoms with van der Waals surface area (Å²) in [5.74, 6) is 0. The van der Waals surface area contributed by atoms with Crippen LogP contribution in [0, 0.1) is 6.92 Å². The molecule has 1 unspecified atom stereocenters. The van der Waals surface area contributed by atoms with Crippen molar-refractivity contribution >= 4 is 27.3 Å². The van der Waals surface area contributed by atoms with Gasteiger partial charge in [0.1, 0.15) is 0 Å². The Morgan fingerprint density at radius 2 is 1.93 bits per heavy atom. The normalized spacial score (nSPS) is 14.0. The number of aryl methyl sites for hydroxylation is 1. The number of halogens is 1. The van der Waals surface area contributed by atoms with E-state index >= 15 is 0 Å². The second-order valence-corrected chi connectivity index (χ2v) is 6.63. The average Bonchev–Trinajstić information content (AvgIpc) is 2.06. The first kappa shape index (κ1) is 13.0. The number of hydrogen-bond acceptors (Lipinski definition) is 2. The van der Waals surface area contributed by atoms with Crippen LogP contribution >= 0.6 is 15.9 Å². The molecule has 0 bridgehead atoms. The highest BCUT2D eigenvalue weighted by molar-refractivity contribution is 9.10. The molecule has 0 spiro atoms. The zero-order chi connectivity index (χ0) is 11.6. The van der Waals surface area contributed by atoms with Gasteiger partial charge in [0.05, 0.1) is 16.9 Å². The first-order valence-electron chi connectivity index (χ1n) is 4.75. The van der Waals surface area contributed by atoms with Gasteiger partial charge in [0.2, 0.25) is 0 Å². The quantitative estimate of drug-likeness (QED) is 0.849. The lowest BCUT2D eigenvalue weighted by Crippen LogP contribution is -2.40. The first-order valence-corrected chi connectivity index (χ1v) is 6.69. The van der Waals surface area contributed by atoms with E-state index in [4.69, 9.17) is 0 Å². The topological polar surface area (TPSA) is 35.1 Å². The Morgan fingerprint density at radius 3 is 2.47 bits per heavy atom. The Kier molecular flexibility index (Phi) is 4.23. The van der Waals surface area contributed by atoms with Crippen molar-refractivity contribution in [2.24, 2.45) is 0 Å². The maximum atomic E-state index is 12.0. The highest BCUT2D eigenvalue weighted by atomic mass is 79.9. The molecule has 0 aromatic heterocycles. The van der Waals surface area contributed by atoms with Crippen molar-refractivity contribution < 1.29 is 4.55 Å². The Bertz CT molecular complexity index is 349. The minimum atomic E-state index is -1.15. The van der Waals surface area contributed by atoms with Gasteiger partial charge < -0.3 is 4.55 Å². The molecular formula is C11H16BrNOS. The molecule has 15 heavy (non-hydrogen) atoms. The van der Waals surface area contributed by atoms with Gasteiger partial charge >= 0.3 is 0 Å². The summed E-state index contributed by atoms with van der Waals surface area (Å²) >= 11 is 2.23. The standard InChI is InChI=1S/C11H16BrNOS/c1-8-5-6-9(12)7-10(8)15(14)13-11(2,3)4/h5-7,13H,1-4H3. The fourth-order valence-electron chi connectivity index (χ4n) is 1.11. The third kappa shape index (κ3) is 4.15. The average molecular weight is 290 g/mol. The first-order chi connectivity index (χ1) is 6.79. The smallest absolute Gasteiger partial charge is 0.177 e. The second-order valence-electron chi connectivity index (χ2n) is 4.53. The van der Waals surface area contributed by atoms with E-state index in [0.29, 0.717) is 0 Å². The summed E-state index contributed by atoms with van der Waals surface area (Å²) in [6, 6.07) is 5.80. The van der Waals surface area contributed by atoms with Crippen LogP contribution in [0.5, 0.6) is 0 Å². The molecule has 84 valence electrons. The molecule has 0 aliphatic carbocycles. The minimum absolute atomic E-state index is 0.153. The van der Waals surface area contributed by atoms with Gasteiger partial charge in [0, 0.05) is 16.1 Å². The molecule has 0 radical (unpaired) electrons. The lowest BCUT2D eigenvalue weighted by atomic mass is 10.1. The van der Waals surface area contributed by atoms with Crippen LogP contribution in [0.15, 0.2) is 27.6 Å². The third-order valence-corrected chi connectivity index (χ3v) is 3.88. The molecule has 1 aromatic carbocycles. The Balaban J connectivity index is 2.90. The van der Waals surface area contributed by atoms with Crippen molar-refractivity contribution in [3.63, 3.8) is 0 Å². The summed E-state index contributed by atoms with van der Waals surface area (Å²) in [6.07, 6.45) is 0. The minimum Gasteiger partial charge on any atom is -0.593 e. The van der Waals surface area contributed by atoms with Gasteiger partial charge in [-0.2, -0.15) is 0 Å². The summed E-state index contributed by atoms with van der Waals surface area (Å²) < 4.78 is 16.0. The molecule has 0 aliphatic heterocycles. The van der Waals surface area contributed by atoms with Crippen LogP contribution in [0.25, 0.3) is 0 Å². The van der Waals surface area contributed by atoms with Crippen LogP contribution in [0.1, 0.15) is 26.3 Å². The summed E-state index contributed by atoms with van der Waals surface area (Å²) in [5, 5.41) is 0. The van der Waals surface area contributed by atoms with Crippen LogP contribution in [-0.2, 0) is 11.4 Å². The van der Waals surface area contributed by atoms with E-state index in [1.807, 2.05) is 45.9 Å². The molecule has 0 saturated carbocycles. The molecule has 0 fully saturated rings. The van der Waals surface area contributed by atoms with Crippen LogP contribution in [0.2, 0.25) is 0 Å². The lowest BCUT2D eigenvalue weighted by Gasteiger charge is -2.22. The fraction of sp³-hybridized carbons (Fsp3) is 0.455. The Morgan fingerprint density at radius 1 is 1.33 bits per heavy atom. The predicted octanol–water partition coefficient (Wildman–Crippen LogP) is 3.17. The van der Waals surface area contributed by atoms with Crippen molar-refractivity contribution in [1.29, 1.82) is 0 Å². The summed E-state index contributed by atoms with van der Waals surface area (Å²) in [4.78, 5) is 0.833. The van der Waals surface area contributed by atoms with Crippen molar-refractivity contribution in [1.82, 2.24) is 4.72 Å². The molecule has 0 aliphatic rings. The van der Waals surface area contributed by atoms with Crippen LogP contribution < -0.4 is 4.72 Å². The molecule has 1 atom stereocenters. The summed E-state index contributed by atoms with van der Waals surface area (Å²) in [5.41, 5.74) is 0.882. The maximum absolute atomic E-state index is 12.0. The van der Waals surface area contributed by atoms with Gasteiger partial charge in [-0.1, -0.05) is 22.0 Å². The van der Waals surface area contributed by atoms with Crippen molar-refractivity contribution in [2.45, 2.75) is 38.1 Å². The highest BCUT2D eigenvalue weighted by Crippen LogP contribution is 2.21. The van der Waals surface area contributed by atoms with Crippen molar-refractivity contribution in [3.05, 3.63) is 28.2 Å². The predicted molar refractivity (Wildman–Crippen MR) is 68.2 cm³/mol. The molecule has 2 nitrogen and oxygen atoms in total. The maximum Gasteiger partial charge on any atom is 0.177 e. The number of nitrogens with one attached hydrogen (secondary N) is 1. The molecular weight excluding hydrogens is 274 g/mol. The van der Waals surface area contributed by atoms with Gasteiger partial charge in [0.25, 0.3) is 0 Å². The Labute approximate surface area is 103 Å². The lowest BCUT2D eigenvalue weighted by molar-refractivity contribution is 0.490. The molecule has 4 heteroatoms. The van der Waals surface area contributed by atoms with Crippen molar-refractivity contribution in [3.8, 4) is 0 Å². The van der Waals surface area contributed by atoms with Gasteiger partial charge in [-0.25, -0.2) is 0 Å². The van der Waals surface area contributed by atoms with Gasteiger partial charge in [-0.15, -0.1) is 4.72 Å². The van der Waals surface area contributed by atoms with E-state index in [2.05, 4.69) is 20.7 Å². The van der Waals surface area contributed by atoms with E-state index in [1.165, 1.54) is 0 Å².